The van der Waals surface area contributed by atoms with Gasteiger partial charge in [0.2, 0.25) is 5.78 Å². The summed E-state index contributed by atoms with van der Waals surface area (Å²) in [7, 11) is 0. The van der Waals surface area contributed by atoms with Crippen molar-refractivity contribution in [2.45, 2.75) is 9.90 Å². The molecule has 3 nitrogen and oxygen atoms in total. The lowest BCUT2D eigenvalue weighted by molar-refractivity contribution is -0.146. The largest absolute Gasteiger partial charge is 0.446 e. The first kappa shape index (κ1) is 16.8. The molecule has 0 spiro atoms. The Morgan fingerprint density at radius 2 is 1.36 bits per heavy atom. The zero-order chi connectivity index (χ0) is 16.2. The summed E-state index contributed by atoms with van der Waals surface area (Å²) in [5.41, 5.74) is 0.896. The Kier molecular flexibility index (Phi) is 5.46. The second kappa shape index (κ2) is 7.14. The first-order chi connectivity index (χ1) is 10.4. The molecule has 1 atom stereocenters. The Hall–Kier alpha value is -1.55. The molecule has 0 radical (unpaired) electrons. The van der Waals surface area contributed by atoms with Gasteiger partial charge in [-0.3, -0.25) is 4.79 Å². The van der Waals surface area contributed by atoms with Gasteiger partial charge in [0.1, 0.15) is 0 Å². The highest BCUT2D eigenvalue weighted by molar-refractivity contribution is 6.75. The molecule has 6 heteroatoms. The molecule has 0 aliphatic heterocycles. The van der Waals surface area contributed by atoms with Crippen molar-refractivity contribution < 1.29 is 14.3 Å². The van der Waals surface area contributed by atoms with Gasteiger partial charge in [-0.05, 0) is 0 Å². The third kappa shape index (κ3) is 4.23. The minimum atomic E-state index is -2.25. The summed E-state index contributed by atoms with van der Waals surface area (Å²) in [4.78, 5) is 24.4. The van der Waals surface area contributed by atoms with E-state index in [2.05, 4.69) is 0 Å². The van der Waals surface area contributed by atoms with E-state index >= 15 is 0 Å². The summed E-state index contributed by atoms with van der Waals surface area (Å²) < 4.78 is 2.89. The molecule has 0 unspecified atom stereocenters. The quantitative estimate of drug-likeness (QED) is 0.459. The van der Waals surface area contributed by atoms with E-state index in [4.69, 9.17) is 39.5 Å². The number of halogens is 3. The number of hydrogen-bond donors (Lipinski definition) is 0. The third-order valence-electron chi connectivity index (χ3n) is 2.86. The molecule has 0 aromatic heterocycles. The topological polar surface area (TPSA) is 43.4 Å². The molecule has 0 amide bonds. The highest BCUT2D eigenvalue weighted by Crippen LogP contribution is 2.31. The van der Waals surface area contributed by atoms with Gasteiger partial charge < -0.3 is 4.74 Å². The van der Waals surface area contributed by atoms with Crippen molar-refractivity contribution in [2.75, 3.05) is 0 Å². The SMILES string of the molecule is O=C(c1ccccc1)[C@H](OC(=O)C(Cl)(Cl)Cl)c1ccccc1. The van der Waals surface area contributed by atoms with Crippen LogP contribution in [0, 0.1) is 0 Å². The van der Waals surface area contributed by atoms with Crippen LogP contribution in [0.1, 0.15) is 22.0 Å². The molecule has 0 fully saturated rings. The summed E-state index contributed by atoms with van der Waals surface area (Å²) in [5, 5.41) is 0. The Balaban J connectivity index is 2.34. The predicted octanol–water partition coefficient (Wildman–Crippen LogP) is 4.52. The van der Waals surface area contributed by atoms with Crippen molar-refractivity contribution in [2.24, 2.45) is 0 Å². The van der Waals surface area contributed by atoms with Crippen LogP contribution in [0.2, 0.25) is 0 Å². The van der Waals surface area contributed by atoms with Gasteiger partial charge in [0.15, 0.2) is 6.10 Å². The van der Waals surface area contributed by atoms with Crippen LogP contribution in [-0.4, -0.2) is 15.5 Å². The van der Waals surface area contributed by atoms with Gasteiger partial charge in [-0.1, -0.05) is 95.5 Å². The van der Waals surface area contributed by atoms with E-state index in [0.717, 1.165) is 0 Å². The van der Waals surface area contributed by atoms with Crippen molar-refractivity contribution in [1.29, 1.82) is 0 Å². The van der Waals surface area contributed by atoms with Gasteiger partial charge in [-0.25, -0.2) is 4.79 Å². The van der Waals surface area contributed by atoms with Crippen molar-refractivity contribution in [1.82, 2.24) is 0 Å². The van der Waals surface area contributed by atoms with Crippen LogP contribution in [0.5, 0.6) is 0 Å². The Morgan fingerprint density at radius 1 is 0.864 bits per heavy atom. The minimum Gasteiger partial charge on any atom is -0.446 e. The van der Waals surface area contributed by atoms with E-state index < -0.39 is 21.6 Å². The second-order valence-electron chi connectivity index (χ2n) is 4.42. The molecule has 0 saturated heterocycles. The maximum absolute atomic E-state index is 12.6. The number of alkyl halides is 3. The maximum Gasteiger partial charge on any atom is 0.359 e. The number of benzene rings is 2. The van der Waals surface area contributed by atoms with Crippen LogP contribution in [0.15, 0.2) is 60.7 Å². The number of Topliss-reactive ketones (excluding diaryl/α,β-unsaturated/α-hetero) is 1. The highest BCUT2D eigenvalue weighted by atomic mass is 35.6. The standard InChI is InChI=1S/C16H11Cl3O3/c17-16(18,19)15(21)22-14(12-9-5-2-6-10-12)13(20)11-7-3-1-4-8-11/h1-10,14H/t14-/m1/s1. The normalized spacial score (nSPS) is 12.5. The minimum absolute atomic E-state index is 0.394. The molecule has 0 heterocycles. The molecule has 0 aliphatic rings. The zero-order valence-corrected chi connectivity index (χ0v) is 13.5. The van der Waals surface area contributed by atoms with Crippen LogP contribution < -0.4 is 0 Å². The summed E-state index contributed by atoms with van der Waals surface area (Å²) in [6.07, 6.45) is -1.17. The zero-order valence-electron chi connectivity index (χ0n) is 11.2. The van der Waals surface area contributed by atoms with E-state index in [0.29, 0.717) is 11.1 Å². The first-order valence-corrected chi connectivity index (χ1v) is 7.45. The van der Waals surface area contributed by atoms with E-state index in [9.17, 15) is 9.59 Å². The molecule has 0 saturated carbocycles. The number of ketones is 1. The smallest absolute Gasteiger partial charge is 0.359 e. The van der Waals surface area contributed by atoms with Crippen molar-refractivity contribution >= 4 is 46.6 Å². The van der Waals surface area contributed by atoms with E-state index in [1.165, 1.54) is 0 Å². The predicted molar refractivity (Wildman–Crippen MR) is 86.3 cm³/mol. The van der Waals surface area contributed by atoms with E-state index in [1.807, 2.05) is 0 Å². The molecule has 0 aliphatic carbocycles. The lowest BCUT2D eigenvalue weighted by Crippen LogP contribution is -2.27. The molecule has 0 bridgehead atoms. The second-order valence-corrected chi connectivity index (χ2v) is 6.71. The van der Waals surface area contributed by atoms with Crippen LogP contribution >= 0.6 is 34.8 Å². The Labute approximate surface area is 142 Å². The molecular weight excluding hydrogens is 347 g/mol. The van der Waals surface area contributed by atoms with Gasteiger partial charge >= 0.3 is 5.97 Å². The number of hydrogen-bond acceptors (Lipinski definition) is 3. The fourth-order valence-corrected chi connectivity index (χ4v) is 1.96. The summed E-state index contributed by atoms with van der Waals surface area (Å²) in [6.45, 7) is 0. The molecule has 2 aromatic rings. The summed E-state index contributed by atoms with van der Waals surface area (Å²) in [6, 6.07) is 17.0. The van der Waals surface area contributed by atoms with Gasteiger partial charge in [0.25, 0.3) is 3.79 Å². The van der Waals surface area contributed by atoms with Gasteiger partial charge in [0, 0.05) is 11.1 Å². The first-order valence-electron chi connectivity index (χ1n) is 6.31. The monoisotopic (exact) mass is 356 g/mol. The molecule has 0 N–H and O–H groups in total. The van der Waals surface area contributed by atoms with Crippen LogP contribution in [0.4, 0.5) is 0 Å². The molecule has 114 valence electrons. The number of esters is 1. The number of rotatable bonds is 4. The maximum atomic E-state index is 12.6. The fraction of sp³-hybridized carbons (Fsp3) is 0.125. The van der Waals surface area contributed by atoms with Crippen molar-refractivity contribution in [3.63, 3.8) is 0 Å². The number of ether oxygens (including phenoxy) is 1. The van der Waals surface area contributed by atoms with Gasteiger partial charge in [-0.2, -0.15) is 0 Å². The Bertz CT molecular complexity index is 651. The average Bonchev–Trinajstić information content (AvgIpc) is 2.52. The third-order valence-corrected chi connectivity index (χ3v) is 3.32. The van der Waals surface area contributed by atoms with E-state index in [1.54, 1.807) is 60.7 Å². The molecular formula is C16H11Cl3O3. The molecule has 2 aromatic carbocycles. The lowest BCUT2D eigenvalue weighted by Gasteiger charge is -2.19. The Morgan fingerprint density at radius 3 is 1.86 bits per heavy atom. The van der Waals surface area contributed by atoms with E-state index in [-0.39, 0.29) is 0 Å². The fourth-order valence-electron chi connectivity index (χ4n) is 1.83. The number of carbonyl (C=O) groups is 2. The van der Waals surface area contributed by atoms with Crippen LogP contribution in [0.25, 0.3) is 0 Å². The average molecular weight is 358 g/mol. The molecule has 22 heavy (non-hydrogen) atoms. The van der Waals surface area contributed by atoms with Crippen LogP contribution in [-0.2, 0) is 9.53 Å². The number of carbonyl (C=O) groups excluding carboxylic acids is 2. The lowest BCUT2D eigenvalue weighted by atomic mass is 10.00. The van der Waals surface area contributed by atoms with Gasteiger partial charge in [-0.15, -0.1) is 0 Å². The van der Waals surface area contributed by atoms with Crippen molar-refractivity contribution in [3.05, 3.63) is 71.8 Å². The van der Waals surface area contributed by atoms with Crippen LogP contribution in [0.3, 0.4) is 0 Å². The highest BCUT2D eigenvalue weighted by Gasteiger charge is 2.37. The molecule has 2 rings (SSSR count). The van der Waals surface area contributed by atoms with Crippen molar-refractivity contribution in [3.8, 4) is 0 Å². The summed E-state index contributed by atoms with van der Waals surface area (Å²) in [5.74, 6) is -1.50. The van der Waals surface area contributed by atoms with Gasteiger partial charge in [0.05, 0.1) is 0 Å². The summed E-state index contributed by atoms with van der Waals surface area (Å²) >= 11 is 16.5.